The molecule has 0 saturated heterocycles. The van der Waals surface area contributed by atoms with Crippen molar-refractivity contribution in [3.8, 4) is 5.75 Å². The van der Waals surface area contributed by atoms with E-state index in [0.29, 0.717) is 5.56 Å². The second-order valence-corrected chi connectivity index (χ2v) is 8.72. The molecule has 0 saturated carbocycles. The topological polar surface area (TPSA) is 316 Å². The molecule has 17 nitrogen and oxygen atoms in total. The second kappa shape index (κ2) is 16.1. The van der Waals surface area contributed by atoms with Gasteiger partial charge in [-0.3, -0.25) is 29.0 Å². The number of aliphatic imine (C=N–C) groups is 1. The smallest absolute Gasteiger partial charge is 0.326 e. The maximum atomic E-state index is 13.1. The Hall–Kier alpha value is -4.93. The van der Waals surface area contributed by atoms with Crippen LogP contribution in [0.5, 0.6) is 5.75 Å². The molecule has 4 unspecified atom stereocenters. The normalized spacial score (nSPS) is 13.5. The zero-order valence-corrected chi connectivity index (χ0v) is 21.4. The Kier molecular flexibility index (Phi) is 13.3. The molecule has 0 spiro atoms. The monoisotopic (exact) mass is 566 g/mol. The molecule has 0 radical (unpaired) electrons. The van der Waals surface area contributed by atoms with Crippen molar-refractivity contribution in [2.24, 2.45) is 27.9 Å². The molecule has 4 atom stereocenters. The zero-order valence-electron chi connectivity index (χ0n) is 21.4. The van der Waals surface area contributed by atoms with Gasteiger partial charge in [0, 0.05) is 13.0 Å². The van der Waals surface area contributed by atoms with E-state index in [-0.39, 0.29) is 37.5 Å². The lowest BCUT2D eigenvalue weighted by molar-refractivity contribution is -0.142. The van der Waals surface area contributed by atoms with E-state index in [1.807, 2.05) is 0 Å². The number of rotatable bonds is 17. The van der Waals surface area contributed by atoms with Crippen molar-refractivity contribution in [2.75, 3.05) is 6.54 Å². The summed E-state index contributed by atoms with van der Waals surface area (Å²) in [6.45, 7) is 0.0614. The lowest BCUT2D eigenvalue weighted by Gasteiger charge is -2.24. The van der Waals surface area contributed by atoms with Gasteiger partial charge in [-0.25, -0.2) is 4.79 Å². The van der Waals surface area contributed by atoms with E-state index in [9.17, 15) is 39.0 Å². The van der Waals surface area contributed by atoms with Gasteiger partial charge in [0.05, 0.1) is 18.9 Å². The van der Waals surface area contributed by atoms with Crippen molar-refractivity contribution in [1.82, 2.24) is 16.0 Å². The molecule has 1 aromatic carbocycles. The maximum absolute atomic E-state index is 13.1. The van der Waals surface area contributed by atoms with Crippen molar-refractivity contribution in [2.45, 2.75) is 56.3 Å². The first kappa shape index (κ1) is 33.1. The van der Waals surface area contributed by atoms with Gasteiger partial charge < -0.3 is 54.2 Å². The standard InChI is InChI=1S/C23H34N8O9/c24-13(9-18(34)35)19(36)29-14(2-1-7-28-23(26)27)20(37)30-15(10-17(25)33)21(38)31-16(22(39)40)8-11-3-5-12(32)6-4-11/h3-6,13-16,32H,1-2,7-10,24H2,(H2,25,33)(H,29,36)(H,30,37)(H,31,38)(H,34,35)(H,39,40)(H4,26,27,28). The summed E-state index contributed by atoms with van der Waals surface area (Å²) in [6, 6.07) is -0.407. The average Bonchev–Trinajstić information content (AvgIpc) is 2.85. The number of carboxylic acid groups (broad SMARTS) is 2. The van der Waals surface area contributed by atoms with Crippen LogP contribution in [0.15, 0.2) is 29.3 Å². The summed E-state index contributed by atoms with van der Waals surface area (Å²) in [5.74, 6) is -7.01. The number of nitrogens with two attached hydrogens (primary N) is 4. The highest BCUT2D eigenvalue weighted by Crippen LogP contribution is 2.12. The number of nitrogens with zero attached hydrogens (tertiary/aromatic N) is 1. The molecule has 0 aromatic heterocycles. The Morgan fingerprint density at radius 3 is 1.88 bits per heavy atom. The predicted molar refractivity (Wildman–Crippen MR) is 139 cm³/mol. The third-order valence-electron chi connectivity index (χ3n) is 5.34. The lowest BCUT2D eigenvalue weighted by Crippen LogP contribution is -2.58. The van der Waals surface area contributed by atoms with Gasteiger partial charge in [-0.05, 0) is 30.5 Å². The Morgan fingerprint density at radius 2 is 1.35 bits per heavy atom. The number of hydrogen-bond donors (Lipinski definition) is 10. The van der Waals surface area contributed by atoms with E-state index >= 15 is 0 Å². The molecule has 0 fully saturated rings. The number of carbonyl (C=O) groups is 6. The number of carbonyl (C=O) groups excluding carboxylic acids is 4. The van der Waals surface area contributed by atoms with Gasteiger partial charge in [-0.15, -0.1) is 0 Å². The van der Waals surface area contributed by atoms with Crippen molar-refractivity contribution >= 4 is 41.5 Å². The summed E-state index contributed by atoms with van der Waals surface area (Å²) in [7, 11) is 0. The summed E-state index contributed by atoms with van der Waals surface area (Å²) in [5.41, 5.74) is 21.8. The van der Waals surface area contributed by atoms with Crippen LogP contribution in [-0.2, 0) is 35.2 Å². The van der Waals surface area contributed by atoms with Crippen LogP contribution in [0.1, 0.15) is 31.2 Å². The molecule has 0 heterocycles. The number of primary amides is 1. The maximum Gasteiger partial charge on any atom is 0.326 e. The quantitative estimate of drug-likeness (QED) is 0.0493. The predicted octanol–water partition coefficient (Wildman–Crippen LogP) is -3.80. The van der Waals surface area contributed by atoms with Gasteiger partial charge in [0.1, 0.15) is 23.9 Å². The van der Waals surface area contributed by atoms with Crippen molar-refractivity contribution in [3.63, 3.8) is 0 Å². The fraction of sp³-hybridized carbons (Fsp3) is 0.435. The first-order valence-electron chi connectivity index (χ1n) is 11.9. The Balaban J connectivity index is 3.07. The van der Waals surface area contributed by atoms with Crippen LogP contribution in [0.4, 0.5) is 0 Å². The first-order valence-corrected chi connectivity index (χ1v) is 11.9. The number of nitrogens with one attached hydrogen (secondary N) is 3. The fourth-order valence-corrected chi connectivity index (χ4v) is 3.35. The molecule has 1 aromatic rings. The lowest BCUT2D eigenvalue weighted by atomic mass is 10.0. The molecule has 1 rings (SSSR count). The number of benzene rings is 1. The summed E-state index contributed by atoms with van der Waals surface area (Å²) in [5, 5.41) is 34.6. The molecule has 17 heteroatoms. The highest BCUT2D eigenvalue weighted by molar-refractivity contribution is 5.96. The Labute approximate surface area is 228 Å². The molecular formula is C23H34N8O9. The van der Waals surface area contributed by atoms with E-state index in [1.165, 1.54) is 24.3 Å². The largest absolute Gasteiger partial charge is 0.508 e. The number of phenols is 1. The average molecular weight is 567 g/mol. The van der Waals surface area contributed by atoms with E-state index in [1.54, 1.807) is 0 Å². The minimum Gasteiger partial charge on any atom is -0.508 e. The van der Waals surface area contributed by atoms with E-state index < -0.39 is 72.6 Å². The number of carboxylic acids is 2. The minimum atomic E-state index is -1.63. The summed E-state index contributed by atoms with van der Waals surface area (Å²) < 4.78 is 0. The van der Waals surface area contributed by atoms with Gasteiger partial charge in [0.15, 0.2) is 5.96 Å². The third-order valence-corrected chi connectivity index (χ3v) is 5.34. The van der Waals surface area contributed by atoms with Crippen LogP contribution in [0.25, 0.3) is 0 Å². The molecule has 220 valence electrons. The fourth-order valence-electron chi connectivity index (χ4n) is 3.35. The van der Waals surface area contributed by atoms with E-state index in [0.717, 1.165) is 0 Å². The number of hydrogen-bond acceptors (Lipinski definition) is 9. The van der Waals surface area contributed by atoms with Crippen LogP contribution in [0.3, 0.4) is 0 Å². The van der Waals surface area contributed by atoms with E-state index in [2.05, 4.69) is 20.9 Å². The summed E-state index contributed by atoms with van der Waals surface area (Å²) >= 11 is 0. The number of aliphatic carboxylic acids is 2. The van der Waals surface area contributed by atoms with Crippen LogP contribution in [0.2, 0.25) is 0 Å². The molecule has 0 aliphatic heterocycles. The van der Waals surface area contributed by atoms with Gasteiger partial charge in [-0.2, -0.15) is 0 Å². The van der Waals surface area contributed by atoms with Crippen LogP contribution < -0.4 is 38.9 Å². The molecule has 14 N–H and O–H groups in total. The third kappa shape index (κ3) is 12.5. The van der Waals surface area contributed by atoms with Crippen molar-refractivity contribution in [1.29, 1.82) is 0 Å². The molecular weight excluding hydrogens is 532 g/mol. The van der Waals surface area contributed by atoms with Crippen molar-refractivity contribution < 1.29 is 44.1 Å². The molecule has 4 amide bonds. The Morgan fingerprint density at radius 1 is 0.800 bits per heavy atom. The highest BCUT2D eigenvalue weighted by atomic mass is 16.4. The van der Waals surface area contributed by atoms with Crippen molar-refractivity contribution in [3.05, 3.63) is 29.8 Å². The van der Waals surface area contributed by atoms with Crippen LogP contribution in [0, 0.1) is 0 Å². The second-order valence-electron chi connectivity index (χ2n) is 8.72. The zero-order chi connectivity index (χ0) is 30.4. The summed E-state index contributed by atoms with van der Waals surface area (Å²) in [4.78, 5) is 76.4. The first-order chi connectivity index (χ1) is 18.7. The Bertz CT molecular complexity index is 1110. The van der Waals surface area contributed by atoms with Gasteiger partial charge >= 0.3 is 11.9 Å². The number of amides is 4. The van der Waals surface area contributed by atoms with Crippen LogP contribution >= 0.6 is 0 Å². The van der Waals surface area contributed by atoms with E-state index in [4.69, 9.17) is 28.0 Å². The van der Waals surface area contributed by atoms with Gasteiger partial charge in [-0.1, -0.05) is 12.1 Å². The van der Waals surface area contributed by atoms with Gasteiger partial charge in [0.25, 0.3) is 0 Å². The SMILES string of the molecule is NC(=O)CC(NC(=O)C(CCCN=C(N)N)NC(=O)C(N)CC(=O)O)C(=O)NC(Cc1ccc(O)cc1)C(=O)O. The number of aromatic hydroxyl groups is 1. The minimum absolute atomic E-state index is 0.0484. The van der Waals surface area contributed by atoms with Crippen LogP contribution in [-0.4, -0.2) is 87.6 Å². The molecule has 0 aliphatic rings. The molecule has 40 heavy (non-hydrogen) atoms. The summed E-state index contributed by atoms with van der Waals surface area (Å²) in [6.07, 6.45) is -1.55. The number of guanidine groups is 1. The highest BCUT2D eigenvalue weighted by Gasteiger charge is 2.31. The molecule has 0 bridgehead atoms. The molecule has 0 aliphatic carbocycles. The van der Waals surface area contributed by atoms with Gasteiger partial charge in [0.2, 0.25) is 23.6 Å². The number of phenolic OH excluding ortho intramolecular Hbond substituents is 1.